The van der Waals surface area contributed by atoms with Crippen molar-refractivity contribution in [3.05, 3.63) is 45.3 Å². The second kappa shape index (κ2) is 5.46. The summed E-state index contributed by atoms with van der Waals surface area (Å²) in [6.45, 7) is 0. The summed E-state index contributed by atoms with van der Waals surface area (Å²) in [7, 11) is 1.53. The molecule has 22 heavy (non-hydrogen) atoms. The zero-order valence-corrected chi connectivity index (χ0v) is 11.9. The Morgan fingerprint density at radius 3 is 2.73 bits per heavy atom. The van der Waals surface area contributed by atoms with Gasteiger partial charge in [0.15, 0.2) is 6.20 Å². The van der Waals surface area contributed by atoms with Crippen LogP contribution in [0.2, 0.25) is 0 Å². The van der Waals surface area contributed by atoms with Gasteiger partial charge < -0.3 is 10.1 Å². The van der Waals surface area contributed by atoms with E-state index in [1.54, 1.807) is 6.07 Å². The molecule has 0 aliphatic carbocycles. The first-order chi connectivity index (χ1) is 10.6. The summed E-state index contributed by atoms with van der Waals surface area (Å²) < 4.78 is 0. The van der Waals surface area contributed by atoms with Crippen LogP contribution >= 0.6 is 11.3 Å². The number of carbonyl (C=O) groups is 1. The smallest absolute Gasteiger partial charge is 0.357 e. The molecule has 1 aliphatic heterocycles. The van der Waals surface area contributed by atoms with E-state index in [0.717, 1.165) is 16.4 Å². The third-order valence-corrected chi connectivity index (χ3v) is 3.52. The fourth-order valence-corrected chi connectivity index (χ4v) is 2.35. The van der Waals surface area contributed by atoms with E-state index in [0.29, 0.717) is 4.88 Å². The number of hydrogen-bond acceptors (Lipinski definition) is 9. The number of hydroxylamine groups is 3. The number of nitrogens with zero attached hydrogens (tertiary/aromatic N) is 6. The molecule has 2 aromatic heterocycles. The van der Waals surface area contributed by atoms with E-state index in [1.807, 2.05) is 0 Å². The monoisotopic (exact) mass is 320 g/mol. The first-order valence-corrected chi connectivity index (χ1v) is 6.73. The molecular formula is C11H8N6O4S. The molecule has 3 heterocycles. The molecule has 10 nitrogen and oxygen atoms in total. The maximum Gasteiger partial charge on any atom is 0.423 e. The third-order valence-electron chi connectivity index (χ3n) is 2.63. The Kier molecular flexibility index (Phi) is 3.48. The Balaban J connectivity index is 1.89. The predicted octanol–water partition coefficient (Wildman–Crippen LogP) is 1.01. The van der Waals surface area contributed by atoms with Crippen molar-refractivity contribution in [3.8, 4) is 0 Å². The van der Waals surface area contributed by atoms with Gasteiger partial charge in [0.1, 0.15) is 5.70 Å². The lowest BCUT2D eigenvalue weighted by atomic mass is 10.3. The molecule has 0 aromatic carbocycles. The van der Waals surface area contributed by atoms with E-state index >= 15 is 0 Å². The van der Waals surface area contributed by atoms with E-state index < -0.39 is 10.8 Å². The lowest BCUT2D eigenvalue weighted by Crippen LogP contribution is -2.25. The Hall–Kier alpha value is -2.92. The molecule has 0 atom stereocenters. The fraction of sp³-hybridized carbons (Fsp3) is 0.0909. The summed E-state index contributed by atoms with van der Waals surface area (Å²) in [4.78, 5) is 39.6. The molecule has 112 valence electrons. The van der Waals surface area contributed by atoms with Crippen LogP contribution in [-0.4, -0.2) is 37.9 Å². The van der Waals surface area contributed by atoms with Crippen molar-refractivity contribution < 1.29 is 14.7 Å². The lowest BCUT2D eigenvalue weighted by Gasteiger charge is -2.10. The number of amides is 1. The minimum atomic E-state index is -0.590. The number of hydrogen-bond donors (Lipinski definition) is 0. The van der Waals surface area contributed by atoms with Gasteiger partial charge in [0.2, 0.25) is 0 Å². The van der Waals surface area contributed by atoms with Gasteiger partial charge in [-0.3, -0.25) is 4.79 Å². The largest absolute Gasteiger partial charge is 0.423 e. The van der Waals surface area contributed by atoms with Crippen LogP contribution in [0.1, 0.15) is 4.88 Å². The number of thiazole rings is 1. The SMILES string of the molecule is CN1ON(c2ncccn2)C(=O)C1=Cc1cnc([N+](=O)[O-])s1. The number of likely N-dealkylation sites (N-methyl/N-ethyl adjacent to an activating group) is 1. The van der Waals surface area contributed by atoms with Crippen LogP contribution < -0.4 is 5.06 Å². The van der Waals surface area contributed by atoms with Crippen LogP contribution in [-0.2, 0) is 9.73 Å². The predicted molar refractivity (Wildman–Crippen MR) is 75.1 cm³/mol. The van der Waals surface area contributed by atoms with Gasteiger partial charge in [-0.25, -0.2) is 15.0 Å². The molecule has 1 aliphatic rings. The van der Waals surface area contributed by atoms with Gasteiger partial charge in [-0.1, -0.05) is 0 Å². The summed E-state index contributed by atoms with van der Waals surface area (Å²) in [6.07, 6.45) is 5.73. The van der Waals surface area contributed by atoms with E-state index in [4.69, 9.17) is 4.94 Å². The Morgan fingerprint density at radius 2 is 2.09 bits per heavy atom. The molecule has 1 amide bonds. The van der Waals surface area contributed by atoms with Crippen LogP contribution in [0.3, 0.4) is 0 Å². The summed E-state index contributed by atoms with van der Waals surface area (Å²) in [5.74, 6) is -0.386. The van der Waals surface area contributed by atoms with Crippen molar-refractivity contribution in [2.45, 2.75) is 0 Å². The van der Waals surface area contributed by atoms with Gasteiger partial charge in [-0.05, 0) is 33.4 Å². The molecule has 0 bridgehead atoms. The van der Waals surface area contributed by atoms with Gasteiger partial charge >= 0.3 is 11.0 Å². The molecule has 3 rings (SSSR count). The average Bonchev–Trinajstić information content (AvgIpc) is 3.09. The second-order valence-electron chi connectivity index (χ2n) is 4.06. The van der Waals surface area contributed by atoms with Crippen molar-refractivity contribution in [3.63, 3.8) is 0 Å². The van der Waals surface area contributed by atoms with Gasteiger partial charge in [-0.2, -0.15) is 0 Å². The number of rotatable bonds is 3. The highest BCUT2D eigenvalue weighted by molar-refractivity contribution is 7.15. The topological polar surface area (TPSA) is 115 Å². The van der Waals surface area contributed by atoms with Crippen LogP contribution in [0.25, 0.3) is 6.08 Å². The fourth-order valence-electron chi connectivity index (χ4n) is 1.68. The first kappa shape index (κ1) is 14.0. The Morgan fingerprint density at radius 1 is 1.36 bits per heavy atom. The summed E-state index contributed by atoms with van der Waals surface area (Å²) in [5.41, 5.74) is 0.186. The minimum Gasteiger partial charge on any atom is -0.357 e. The van der Waals surface area contributed by atoms with Gasteiger partial charge in [0.25, 0.3) is 5.95 Å². The molecule has 0 N–H and O–H groups in total. The van der Waals surface area contributed by atoms with Crippen molar-refractivity contribution in [2.24, 2.45) is 0 Å². The molecule has 1 saturated heterocycles. The van der Waals surface area contributed by atoms with Crippen LogP contribution in [0.4, 0.5) is 11.1 Å². The number of aromatic nitrogens is 3. The Bertz CT molecular complexity index is 761. The zero-order chi connectivity index (χ0) is 15.7. The molecular weight excluding hydrogens is 312 g/mol. The highest BCUT2D eigenvalue weighted by Crippen LogP contribution is 2.27. The maximum absolute atomic E-state index is 12.3. The highest BCUT2D eigenvalue weighted by atomic mass is 32.1. The van der Waals surface area contributed by atoms with Gasteiger partial charge in [-0.15, -0.1) is 10.0 Å². The zero-order valence-electron chi connectivity index (χ0n) is 11.1. The van der Waals surface area contributed by atoms with Crippen LogP contribution in [0.5, 0.6) is 0 Å². The average molecular weight is 320 g/mol. The molecule has 0 saturated carbocycles. The van der Waals surface area contributed by atoms with Crippen molar-refractivity contribution in [1.29, 1.82) is 0 Å². The Labute approximate surface area is 127 Å². The van der Waals surface area contributed by atoms with Gasteiger partial charge in [0.05, 0.1) is 4.88 Å². The molecule has 11 heteroatoms. The summed E-state index contributed by atoms with van der Waals surface area (Å²) >= 11 is 0.858. The molecule has 0 radical (unpaired) electrons. The molecule has 0 spiro atoms. The van der Waals surface area contributed by atoms with Crippen LogP contribution in [0.15, 0.2) is 30.4 Å². The standard InChI is InChI=1S/C11H8N6O4S/c1-15-8(5-7-6-14-11(22-7)17(19)20)9(18)16(21-15)10-12-3-2-4-13-10/h2-6H,1H3. The summed E-state index contributed by atoms with van der Waals surface area (Å²) in [5, 5.41) is 12.5. The highest BCUT2D eigenvalue weighted by Gasteiger charge is 2.35. The van der Waals surface area contributed by atoms with E-state index in [-0.39, 0.29) is 16.8 Å². The van der Waals surface area contributed by atoms with Gasteiger partial charge in [0, 0.05) is 19.4 Å². The van der Waals surface area contributed by atoms with Crippen molar-refractivity contribution in [2.75, 3.05) is 12.1 Å². The van der Waals surface area contributed by atoms with Crippen molar-refractivity contribution in [1.82, 2.24) is 20.0 Å². The van der Waals surface area contributed by atoms with Crippen molar-refractivity contribution >= 4 is 34.4 Å². The van der Waals surface area contributed by atoms with E-state index in [1.165, 1.54) is 36.8 Å². The maximum atomic E-state index is 12.3. The molecule has 0 unspecified atom stereocenters. The lowest BCUT2D eigenvalue weighted by molar-refractivity contribution is -0.384. The second-order valence-corrected chi connectivity index (χ2v) is 5.10. The quantitative estimate of drug-likeness (QED) is 0.467. The number of anilines is 1. The van der Waals surface area contributed by atoms with E-state index in [9.17, 15) is 14.9 Å². The van der Waals surface area contributed by atoms with E-state index in [2.05, 4.69) is 15.0 Å². The summed E-state index contributed by atoms with van der Waals surface area (Å²) in [6, 6.07) is 1.61. The molecule has 1 fully saturated rings. The molecule has 2 aromatic rings. The first-order valence-electron chi connectivity index (χ1n) is 5.91. The van der Waals surface area contributed by atoms with Crippen LogP contribution in [0, 0.1) is 10.1 Å². The number of nitro groups is 1. The third kappa shape index (κ3) is 2.49. The minimum absolute atomic E-state index is 0.0954. The normalized spacial score (nSPS) is 16.6. The number of carbonyl (C=O) groups excluding carboxylic acids is 1.